The van der Waals surface area contributed by atoms with Crippen LogP contribution in [0.2, 0.25) is 0 Å². The molecule has 5 heteroatoms. The van der Waals surface area contributed by atoms with Gasteiger partial charge in [-0.3, -0.25) is 4.79 Å². The van der Waals surface area contributed by atoms with Gasteiger partial charge in [-0.25, -0.2) is 0 Å². The summed E-state index contributed by atoms with van der Waals surface area (Å²) in [5.41, 5.74) is 8.40. The maximum Gasteiger partial charge on any atom is 0.186 e. The SMILES string of the molecule is COc1cc(OC)cc(N2CC(=O)C(c3ccccc3)=C2N)c1. The third-order valence-corrected chi connectivity index (χ3v) is 3.84. The van der Waals surface area contributed by atoms with E-state index in [0.717, 1.165) is 11.3 Å². The van der Waals surface area contributed by atoms with Crippen LogP contribution in [0.4, 0.5) is 5.69 Å². The molecule has 0 spiro atoms. The predicted molar refractivity (Wildman–Crippen MR) is 89.4 cm³/mol. The van der Waals surface area contributed by atoms with Crippen molar-refractivity contribution in [1.82, 2.24) is 0 Å². The molecule has 0 unspecified atom stereocenters. The molecule has 1 aliphatic heterocycles. The highest BCUT2D eigenvalue weighted by Gasteiger charge is 2.30. The molecule has 0 radical (unpaired) electrons. The molecule has 3 rings (SSSR count). The van der Waals surface area contributed by atoms with Crippen molar-refractivity contribution in [3.63, 3.8) is 0 Å². The molecule has 23 heavy (non-hydrogen) atoms. The highest BCUT2D eigenvalue weighted by Crippen LogP contribution is 2.34. The number of hydrogen-bond acceptors (Lipinski definition) is 5. The van der Waals surface area contributed by atoms with E-state index in [-0.39, 0.29) is 12.3 Å². The van der Waals surface area contributed by atoms with Crippen LogP contribution in [0.5, 0.6) is 11.5 Å². The summed E-state index contributed by atoms with van der Waals surface area (Å²) in [5, 5.41) is 0. The fourth-order valence-corrected chi connectivity index (χ4v) is 2.68. The predicted octanol–water partition coefficient (Wildman–Crippen LogP) is 2.42. The quantitative estimate of drug-likeness (QED) is 0.939. The Labute approximate surface area is 134 Å². The second-order valence-electron chi connectivity index (χ2n) is 5.21. The fourth-order valence-electron chi connectivity index (χ4n) is 2.68. The lowest BCUT2D eigenvalue weighted by molar-refractivity contribution is -0.112. The molecule has 0 amide bonds. The molecule has 2 aromatic carbocycles. The van der Waals surface area contributed by atoms with Crippen LogP contribution in [0.15, 0.2) is 54.4 Å². The molecule has 1 heterocycles. The molecule has 0 aliphatic carbocycles. The molecule has 2 aromatic rings. The van der Waals surface area contributed by atoms with E-state index in [9.17, 15) is 4.79 Å². The van der Waals surface area contributed by atoms with Crippen molar-refractivity contribution in [2.45, 2.75) is 0 Å². The molecule has 0 saturated heterocycles. The number of Topliss-reactive ketones (excluding diaryl/α,β-unsaturated/α-hetero) is 1. The first-order valence-electron chi connectivity index (χ1n) is 7.23. The van der Waals surface area contributed by atoms with E-state index in [1.165, 1.54) is 0 Å². The van der Waals surface area contributed by atoms with E-state index in [1.807, 2.05) is 42.5 Å². The number of rotatable bonds is 4. The number of benzene rings is 2. The maximum atomic E-state index is 12.4. The van der Waals surface area contributed by atoms with Crippen LogP contribution in [0.25, 0.3) is 5.57 Å². The van der Waals surface area contributed by atoms with Crippen LogP contribution in [-0.4, -0.2) is 26.5 Å². The number of nitrogens with zero attached hydrogens (tertiary/aromatic N) is 1. The third-order valence-electron chi connectivity index (χ3n) is 3.84. The zero-order chi connectivity index (χ0) is 16.4. The van der Waals surface area contributed by atoms with Gasteiger partial charge in [-0.2, -0.15) is 0 Å². The molecule has 1 aliphatic rings. The van der Waals surface area contributed by atoms with Crippen molar-refractivity contribution < 1.29 is 14.3 Å². The molecule has 2 N–H and O–H groups in total. The van der Waals surface area contributed by atoms with Gasteiger partial charge in [-0.15, -0.1) is 0 Å². The van der Waals surface area contributed by atoms with Gasteiger partial charge in [0, 0.05) is 18.2 Å². The lowest BCUT2D eigenvalue weighted by Crippen LogP contribution is -2.25. The van der Waals surface area contributed by atoms with E-state index in [4.69, 9.17) is 15.2 Å². The number of methoxy groups -OCH3 is 2. The first-order chi connectivity index (χ1) is 11.1. The largest absolute Gasteiger partial charge is 0.497 e. The smallest absolute Gasteiger partial charge is 0.186 e. The number of carbonyl (C=O) groups is 1. The summed E-state index contributed by atoms with van der Waals surface area (Å²) in [7, 11) is 3.17. The monoisotopic (exact) mass is 310 g/mol. The number of nitrogens with two attached hydrogens (primary N) is 1. The van der Waals surface area contributed by atoms with Crippen LogP contribution in [-0.2, 0) is 4.79 Å². The van der Waals surface area contributed by atoms with Gasteiger partial charge in [0.2, 0.25) is 0 Å². The summed E-state index contributed by atoms with van der Waals surface area (Å²) in [6.45, 7) is 0.201. The fraction of sp³-hybridized carbons (Fsp3) is 0.167. The summed E-state index contributed by atoms with van der Waals surface area (Å²) < 4.78 is 10.6. The average molecular weight is 310 g/mol. The normalized spacial score (nSPS) is 14.3. The van der Waals surface area contributed by atoms with Crippen molar-refractivity contribution in [2.75, 3.05) is 25.7 Å². The molecule has 5 nitrogen and oxygen atoms in total. The molecule has 0 atom stereocenters. The Morgan fingerprint density at radius 1 is 1.00 bits per heavy atom. The van der Waals surface area contributed by atoms with E-state index in [1.54, 1.807) is 25.2 Å². The average Bonchev–Trinajstić information content (AvgIpc) is 2.89. The maximum absolute atomic E-state index is 12.4. The second-order valence-corrected chi connectivity index (χ2v) is 5.21. The van der Waals surface area contributed by atoms with Gasteiger partial charge in [-0.05, 0) is 5.56 Å². The van der Waals surface area contributed by atoms with E-state index in [0.29, 0.717) is 22.9 Å². The Morgan fingerprint density at radius 3 is 2.17 bits per heavy atom. The molecular formula is C18H18N2O3. The number of ether oxygens (including phenoxy) is 2. The molecular weight excluding hydrogens is 292 g/mol. The first-order valence-corrected chi connectivity index (χ1v) is 7.23. The Morgan fingerprint density at radius 2 is 1.61 bits per heavy atom. The van der Waals surface area contributed by atoms with Crippen LogP contribution in [0.3, 0.4) is 0 Å². The van der Waals surface area contributed by atoms with E-state index < -0.39 is 0 Å². The van der Waals surface area contributed by atoms with Gasteiger partial charge >= 0.3 is 0 Å². The summed E-state index contributed by atoms with van der Waals surface area (Å²) in [5.74, 6) is 1.73. The number of ketones is 1. The first kappa shape index (κ1) is 15.0. The topological polar surface area (TPSA) is 64.8 Å². The van der Waals surface area contributed by atoms with Crippen molar-refractivity contribution in [2.24, 2.45) is 5.73 Å². The molecule has 0 saturated carbocycles. The van der Waals surface area contributed by atoms with Crippen LogP contribution < -0.4 is 20.1 Å². The highest BCUT2D eigenvalue weighted by atomic mass is 16.5. The number of hydrogen-bond donors (Lipinski definition) is 1. The minimum Gasteiger partial charge on any atom is -0.497 e. The highest BCUT2D eigenvalue weighted by molar-refractivity contribution is 6.26. The van der Waals surface area contributed by atoms with Crippen molar-refractivity contribution in [3.05, 3.63) is 59.9 Å². The Kier molecular flexibility index (Phi) is 3.93. The summed E-state index contributed by atoms with van der Waals surface area (Å²) in [4.78, 5) is 14.2. The van der Waals surface area contributed by atoms with Gasteiger partial charge in [0.1, 0.15) is 17.3 Å². The summed E-state index contributed by atoms with van der Waals surface area (Å²) in [6, 6.07) is 14.9. The van der Waals surface area contributed by atoms with E-state index in [2.05, 4.69) is 0 Å². The summed E-state index contributed by atoms with van der Waals surface area (Å²) >= 11 is 0. The van der Waals surface area contributed by atoms with Crippen molar-refractivity contribution in [1.29, 1.82) is 0 Å². The Balaban J connectivity index is 2.05. The van der Waals surface area contributed by atoms with Crippen LogP contribution >= 0.6 is 0 Å². The Hall–Kier alpha value is -2.95. The summed E-state index contributed by atoms with van der Waals surface area (Å²) in [6.07, 6.45) is 0. The minimum atomic E-state index is -0.00418. The lowest BCUT2D eigenvalue weighted by Gasteiger charge is -2.20. The zero-order valence-corrected chi connectivity index (χ0v) is 13.1. The van der Waals surface area contributed by atoms with Gasteiger partial charge in [0.15, 0.2) is 5.78 Å². The van der Waals surface area contributed by atoms with Gasteiger partial charge < -0.3 is 20.1 Å². The Bertz CT molecular complexity index is 747. The lowest BCUT2D eigenvalue weighted by atomic mass is 10.0. The van der Waals surface area contributed by atoms with Crippen molar-refractivity contribution >= 4 is 17.0 Å². The van der Waals surface area contributed by atoms with Gasteiger partial charge in [0.05, 0.1) is 32.0 Å². The molecule has 0 aromatic heterocycles. The van der Waals surface area contributed by atoms with E-state index >= 15 is 0 Å². The zero-order valence-electron chi connectivity index (χ0n) is 13.1. The van der Waals surface area contributed by atoms with Gasteiger partial charge in [0.25, 0.3) is 0 Å². The second kappa shape index (κ2) is 6.04. The van der Waals surface area contributed by atoms with Crippen molar-refractivity contribution in [3.8, 4) is 11.5 Å². The van der Waals surface area contributed by atoms with Crippen LogP contribution in [0, 0.1) is 0 Å². The number of anilines is 1. The standard InChI is InChI=1S/C18H18N2O3/c1-22-14-8-13(9-15(10-14)23-2)20-11-16(21)17(18(20)19)12-6-4-3-5-7-12/h3-10H,11,19H2,1-2H3. The number of carbonyl (C=O) groups excluding carboxylic acids is 1. The molecule has 0 bridgehead atoms. The van der Waals surface area contributed by atoms with Gasteiger partial charge in [-0.1, -0.05) is 30.3 Å². The molecule has 0 fully saturated rings. The van der Waals surface area contributed by atoms with Crippen LogP contribution in [0.1, 0.15) is 5.56 Å². The third kappa shape index (κ3) is 2.73. The molecule has 118 valence electrons. The minimum absolute atomic E-state index is 0.00418.